The lowest BCUT2D eigenvalue weighted by Gasteiger charge is -2.27. The Morgan fingerprint density at radius 1 is 1.00 bits per heavy atom. The number of fused-ring (bicyclic) bond motifs is 1. The van der Waals surface area contributed by atoms with Crippen LogP contribution in [-0.4, -0.2) is 35.2 Å². The molecule has 3 fully saturated rings. The molecule has 2 aliphatic carbocycles. The average Bonchev–Trinajstić information content (AvgIpc) is 2.80. The molecule has 5 heteroatoms. The number of carbonyl (C=O) groups excluding carboxylic acids is 3. The van der Waals surface area contributed by atoms with E-state index in [9.17, 15) is 14.4 Å². The molecule has 1 N–H and O–H groups in total. The predicted molar refractivity (Wildman–Crippen MR) is 86.3 cm³/mol. The summed E-state index contributed by atoms with van der Waals surface area (Å²) >= 11 is 0. The standard InChI is InChI=1S/C18H28N2O3/c1-12-6-8-13(9-7-12)19-16(21)10-11-20-17(22)14-4-2-3-5-15(14)18(20)23/h12-15H,2-11H2,1H3,(H,19,21)/t12?,13?,14-,15-/m0/s1. The van der Waals surface area contributed by atoms with E-state index >= 15 is 0 Å². The van der Waals surface area contributed by atoms with Gasteiger partial charge in [0.1, 0.15) is 0 Å². The smallest absolute Gasteiger partial charge is 0.233 e. The first-order chi connectivity index (χ1) is 11.1. The van der Waals surface area contributed by atoms with Crippen molar-refractivity contribution in [2.45, 2.75) is 70.8 Å². The molecule has 1 heterocycles. The third kappa shape index (κ3) is 3.59. The fraction of sp³-hybridized carbons (Fsp3) is 0.833. The van der Waals surface area contributed by atoms with Crippen LogP contribution < -0.4 is 5.32 Å². The Hall–Kier alpha value is -1.39. The monoisotopic (exact) mass is 320 g/mol. The fourth-order valence-electron chi connectivity index (χ4n) is 4.37. The summed E-state index contributed by atoms with van der Waals surface area (Å²) in [6.07, 6.45) is 8.38. The maximum absolute atomic E-state index is 12.4. The molecule has 3 rings (SSSR count). The first-order valence-electron chi connectivity index (χ1n) is 9.21. The van der Waals surface area contributed by atoms with Crippen LogP contribution in [-0.2, 0) is 14.4 Å². The van der Waals surface area contributed by atoms with E-state index in [1.807, 2.05) is 0 Å². The molecule has 0 spiro atoms. The minimum absolute atomic E-state index is 0.0278. The van der Waals surface area contributed by atoms with Crippen molar-refractivity contribution >= 4 is 17.7 Å². The van der Waals surface area contributed by atoms with Crippen molar-refractivity contribution in [3.05, 3.63) is 0 Å². The highest BCUT2D eigenvalue weighted by Crippen LogP contribution is 2.37. The molecule has 5 nitrogen and oxygen atoms in total. The largest absolute Gasteiger partial charge is 0.353 e. The molecule has 0 unspecified atom stereocenters. The van der Waals surface area contributed by atoms with Gasteiger partial charge in [-0.05, 0) is 44.4 Å². The normalized spacial score (nSPS) is 34.4. The van der Waals surface area contributed by atoms with Crippen LogP contribution in [0.5, 0.6) is 0 Å². The van der Waals surface area contributed by atoms with E-state index in [-0.39, 0.29) is 48.6 Å². The Labute approximate surface area is 138 Å². The van der Waals surface area contributed by atoms with Gasteiger partial charge in [-0.25, -0.2) is 0 Å². The summed E-state index contributed by atoms with van der Waals surface area (Å²) in [7, 11) is 0. The third-order valence-electron chi connectivity index (χ3n) is 5.88. The second-order valence-electron chi connectivity index (χ2n) is 7.60. The molecular formula is C18H28N2O3. The molecule has 3 aliphatic rings. The Morgan fingerprint density at radius 3 is 2.13 bits per heavy atom. The van der Waals surface area contributed by atoms with Gasteiger partial charge >= 0.3 is 0 Å². The zero-order chi connectivity index (χ0) is 16.4. The van der Waals surface area contributed by atoms with Crippen molar-refractivity contribution in [3.8, 4) is 0 Å². The summed E-state index contributed by atoms with van der Waals surface area (Å²) in [6.45, 7) is 2.50. The van der Waals surface area contributed by atoms with Gasteiger partial charge in [0, 0.05) is 19.0 Å². The van der Waals surface area contributed by atoms with Crippen LogP contribution in [0.4, 0.5) is 0 Å². The SMILES string of the molecule is CC1CCC(NC(=O)CCN2C(=O)[C@H]3CCCC[C@@H]3C2=O)CC1. The van der Waals surface area contributed by atoms with Crippen molar-refractivity contribution in [1.29, 1.82) is 0 Å². The zero-order valence-corrected chi connectivity index (χ0v) is 14.1. The van der Waals surface area contributed by atoms with Crippen LogP contribution in [0.15, 0.2) is 0 Å². The molecular weight excluding hydrogens is 292 g/mol. The van der Waals surface area contributed by atoms with Gasteiger partial charge in [-0.15, -0.1) is 0 Å². The lowest BCUT2D eigenvalue weighted by atomic mass is 9.81. The van der Waals surface area contributed by atoms with Crippen LogP contribution in [0.1, 0.15) is 64.7 Å². The van der Waals surface area contributed by atoms with Gasteiger partial charge in [-0.1, -0.05) is 19.8 Å². The first kappa shape index (κ1) is 16.5. The number of likely N-dealkylation sites (tertiary alicyclic amines) is 1. The van der Waals surface area contributed by atoms with Gasteiger partial charge < -0.3 is 5.32 Å². The summed E-state index contributed by atoms with van der Waals surface area (Å²) in [5.41, 5.74) is 0. The maximum atomic E-state index is 12.4. The molecule has 1 saturated heterocycles. The quantitative estimate of drug-likeness (QED) is 0.808. The molecule has 0 aromatic carbocycles. The third-order valence-corrected chi connectivity index (χ3v) is 5.88. The zero-order valence-electron chi connectivity index (χ0n) is 14.1. The number of hydrogen-bond donors (Lipinski definition) is 1. The van der Waals surface area contributed by atoms with Gasteiger partial charge in [-0.2, -0.15) is 0 Å². The topological polar surface area (TPSA) is 66.5 Å². The lowest BCUT2D eigenvalue weighted by molar-refractivity contribution is -0.140. The predicted octanol–water partition coefficient (Wildman–Crippen LogP) is 2.25. The molecule has 128 valence electrons. The van der Waals surface area contributed by atoms with Crippen molar-refractivity contribution in [2.75, 3.05) is 6.54 Å². The summed E-state index contributed by atoms with van der Waals surface area (Å²) in [4.78, 5) is 38.2. The number of imide groups is 1. The first-order valence-corrected chi connectivity index (χ1v) is 9.21. The minimum Gasteiger partial charge on any atom is -0.353 e. The van der Waals surface area contributed by atoms with Crippen molar-refractivity contribution < 1.29 is 14.4 Å². The Balaban J connectivity index is 1.47. The van der Waals surface area contributed by atoms with E-state index in [0.717, 1.165) is 57.3 Å². The van der Waals surface area contributed by atoms with E-state index in [4.69, 9.17) is 0 Å². The van der Waals surface area contributed by atoms with Crippen molar-refractivity contribution in [2.24, 2.45) is 17.8 Å². The summed E-state index contributed by atoms with van der Waals surface area (Å²) in [6, 6.07) is 0.270. The number of nitrogens with zero attached hydrogens (tertiary/aromatic N) is 1. The Bertz CT molecular complexity index is 459. The maximum Gasteiger partial charge on any atom is 0.233 e. The van der Waals surface area contributed by atoms with E-state index in [1.165, 1.54) is 4.90 Å². The molecule has 2 atom stereocenters. The van der Waals surface area contributed by atoms with Gasteiger partial charge in [0.15, 0.2) is 0 Å². The highest BCUT2D eigenvalue weighted by molar-refractivity contribution is 6.05. The van der Waals surface area contributed by atoms with Crippen LogP contribution in [0.2, 0.25) is 0 Å². The second-order valence-corrected chi connectivity index (χ2v) is 7.60. The van der Waals surface area contributed by atoms with Crippen LogP contribution in [0.25, 0.3) is 0 Å². The van der Waals surface area contributed by atoms with E-state index in [2.05, 4.69) is 12.2 Å². The van der Waals surface area contributed by atoms with Gasteiger partial charge in [-0.3, -0.25) is 19.3 Å². The second kappa shape index (κ2) is 7.02. The molecule has 0 bridgehead atoms. The van der Waals surface area contributed by atoms with Crippen molar-refractivity contribution in [1.82, 2.24) is 10.2 Å². The molecule has 23 heavy (non-hydrogen) atoms. The highest BCUT2D eigenvalue weighted by atomic mass is 16.2. The lowest BCUT2D eigenvalue weighted by Crippen LogP contribution is -2.40. The van der Waals surface area contributed by atoms with E-state index < -0.39 is 0 Å². The molecule has 0 aromatic rings. The van der Waals surface area contributed by atoms with Crippen LogP contribution in [0, 0.1) is 17.8 Å². The summed E-state index contributed by atoms with van der Waals surface area (Å²) in [5.74, 6) is 0.419. The molecule has 3 amide bonds. The van der Waals surface area contributed by atoms with Crippen LogP contribution >= 0.6 is 0 Å². The average molecular weight is 320 g/mol. The Kier molecular flexibility index (Phi) is 5.02. The van der Waals surface area contributed by atoms with Gasteiger partial charge in [0.05, 0.1) is 11.8 Å². The van der Waals surface area contributed by atoms with Crippen molar-refractivity contribution in [3.63, 3.8) is 0 Å². The van der Waals surface area contributed by atoms with Gasteiger partial charge in [0.25, 0.3) is 0 Å². The number of nitrogens with one attached hydrogen (secondary N) is 1. The molecule has 2 saturated carbocycles. The van der Waals surface area contributed by atoms with Gasteiger partial charge in [0.2, 0.25) is 17.7 Å². The Morgan fingerprint density at radius 2 is 1.57 bits per heavy atom. The summed E-state index contributed by atoms with van der Waals surface area (Å²) < 4.78 is 0. The molecule has 0 radical (unpaired) electrons. The number of carbonyl (C=O) groups is 3. The number of amides is 3. The number of hydrogen-bond acceptors (Lipinski definition) is 3. The molecule has 1 aliphatic heterocycles. The van der Waals surface area contributed by atoms with Crippen LogP contribution in [0.3, 0.4) is 0 Å². The minimum atomic E-state index is -0.112. The fourth-order valence-corrected chi connectivity index (χ4v) is 4.37. The van der Waals surface area contributed by atoms with E-state index in [1.54, 1.807) is 0 Å². The molecule has 0 aromatic heterocycles. The summed E-state index contributed by atoms with van der Waals surface area (Å²) in [5, 5.41) is 3.07. The van der Waals surface area contributed by atoms with E-state index in [0.29, 0.717) is 0 Å². The number of rotatable bonds is 4. The highest BCUT2D eigenvalue weighted by Gasteiger charge is 2.47.